The highest BCUT2D eigenvalue weighted by molar-refractivity contribution is 5.85. The molecule has 1 aromatic carbocycles. The van der Waals surface area contributed by atoms with Gasteiger partial charge in [0.05, 0.1) is 0 Å². The van der Waals surface area contributed by atoms with Gasteiger partial charge in [-0.3, -0.25) is 14.6 Å². The van der Waals surface area contributed by atoms with Crippen molar-refractivity contribution >= 4 is 22.6 Å². The van der Waals surface area contributed by atoms with Gasteiger partial charge in [0.15, 0.2) is 0 Å². The molecule has 23 heavy (non-hydrogen) atoms. The second-order valence-electron chi connectivity index (χ2n) is 6.00. The van der Waals surface area contributed by atoms with Crippen LogP contribution in [0.15, 0.2) is 36.7 Å². The number of carbonyl (C=O) groups excluding carboxylic acids is 2. The minimum atomic E-state index is 0.0655. The molecule has 0 unspecified atom stereocenters. The lowest BCUT2D eigenvalue weighted by atomic mass is 10.1. The molecule has 2 amide bonds. The Morgan fingerprint density at radius 2 is 2.22 bits per heavy atom. The van der Waals surface area contributed by atoms with E-state index in [4.69, 9.17) is 0 Å². The quantitative estimate of drug-likeness (QED) is 0.850. The molecule has 0 atom stereocenters. The minimum Gasteiger partial charge on any atom is -0.342 e. The van der Waals surface area contributed by atoms with Crippen LogP contribution in [0.5, 0.6) is 0 Å². The molecule has 1 aliphatic heterocycles. The van der Waals surface area contributed by atoms with Gasteiger partial charge in [-0.25, -0.2) is 0 Å². The molecule has 3 rings (SSSR count). The van der Waals surface area contributed by atoms with E-state index >= 15 is 0 Å². The number of hydrogen-bond donors (Lipinski definition) is 0. The van der Waals surface area contributed by atoms with Gasteiger partial charge in [0, 0.05) is 57.3 Å². The molecule has 1 fully saturated rings. The monoisotopic (exact) mass is 311 g/mol. The lowest BCUT2D eigenvalue weighted by molar-refractivity contribution is -0.132. The van der Waals surface area contributed by atoms with Crippen molar-refractivity contribution in [1.29, 1.82) is 0 Å². The number of pyridine rings is 1. The van der Waals surface area contributed by atoms with Gasteiger partial charge in [-0.2, -0.15) is 0 Å². The lowest BCUT2D eigenvalue weighted by Gasteiger charge is -2.21. The van der Waals surface area contributed by atoms with Crippen LogP contribution in [-0.4, -0.2) is 46.7 Å². The fourth-order valence-electron chi connectivity index (χ4n) is 3.03. The molecular weight excluding hydrogens is 290 g/mol. The molecule has 1 aromatic heterocycles. The summed E-state index contributed by atoms with van der Waals surface area (Å²) < 4.78 is 0. The van der Waals surface area contributed by atoms with Crippen LogP contribution in [0.4, 0.5) is 0 Å². The Kier molecular flexibility index (Phi) is 4.55. The van der Waals surface area contributed by atoms with Crippen LogP contribution in [0, 0.1) is 0 Å². The lowest BCUT2D eigenvalue weighted by Crippen LogP contribution is -2.32. The molecule has 2 aromatic rings. The maximum atomic E-state index is 12.3. The molecule has 0 N–H and O–H groups in total. The maximum Gasteiger partial charge on any atom is 0.224 e. The molecule has 0 radical (unpaired) electrons. The Labute approximate surface area is 135 Å². The standard InChI is InChI=1S/C18H21N3O2/c1-20(17(22)8-11-21-10-3-6-18(21)23)13-15-5-2-4-14-12-19-9-7-16(14)15/h2,4-5,7,9,12H,3,6,8,10-11,13H2,1H3. The van der Waals surface area contributed by atoms with Crippen LogP contribution in [0.25, 0.3) is 10.8 Å². The third-order valence-corrected chi connectivity index (χ3v) is 4.37. The van der Waals surface area contributed by atoms with E-state index in [-0.39, 0.29) is 11.8 Å². The van der Waals surface area contributed by atoms with Crippen LogP contribution < -0.4 is 0 Å². The first-order chi connectivity index (χ1) is 11.1. The Bertz CT molecular complexity index is 724. The van der Waals surface area contributed by atoms with Gasteiger partial charge >= 0.3 is 0 Å². The molecular formula is C18H21N3O2. The third-order valence-electron chi connectivity index (χ3n) is 4.37. The topological polar surface area (TPSA) is 53.5 Å². The summed E-state index contributed by atoms with van der Waals surface area (Å²) in [4.78, 5) is 31.6. The van der Waals surface area contributed by atoms with Crippen LogP contribution in [0.3, 0.4) is 0 Å². The molecule has 120 valence electrons. The van der Waals surface area contributed by atoms with E-state index in [0.29, 0.717) is 25.9 Å². The van der Waals surface area contributed by atoms with E-state index in [0.717, 1.165) is 29.3 Å². The summed E-state index contributed by atoms with van der Waals surface area (Å²) in [7, 11) is 1.81. The second kappa shape index (κ2) is 6.77. The van der Waals surface area contributed by atoms with E-state index < -0.39 is 0 Å². The summed E-state index contributed by atoms with van der Waals surface area (Å²) in [6.45, 7) is 1.88. The zero-order valence-corrected chi connectivity index (χ0v) is 13.4. The number of hydrogen-bond acceptors (Lipinski definition) is 3. The molecule has 1 saturated heterocycles. The molecule has 2 heterocycles. The van der Waals surface area contributed by atoms with E-state index in [2.05, 4.69) is 4.98 Å². The number of carbonyl (C=O) groups is 2. The summed E-state index contributed by atoms with van der Waals surface area (Å²) in [6, 6.07) is 8.02. The first kappa shape index (κ1) is 15.5. The Balaban J connectivity index is 1.62. The summed E-state index contributed by atoms with van der Waals surface area (Å²) in [5, 5.41) is 2.20. The first-order valence-electron chi connectivity index (χ1n) is 7.98. The highest BCUT2D eigenvalue weighted by Gasteiger charge is 2.21. The van der Waals surface area contributed by atoms with Crippen molar-refractivity contribution in [3.63, 3.8) is 0 Å². The number of nitrogens with zero attached hydrogens (tertiary/aromatic N) is 3. The first-order valence-corrected chi connectivity index (χ1v) is 7.98. The van der Waals surface area contributed by atoms with Crippen LogP contribution >= 0.6 is 0 Å². The van der Waals surface area contributed by atoms with Gasteiger partial charge in [0.1, 0.15) is 0 Å². The molecule has 5 heteroatoms. The summed E-state index contributed by atoms with van der Waals surface area (Å²) in [5.41, 5.74) is 1.11. The average molecular weight is 311 g/mol. The van der Waals surface area contributed by atoms with Crippen molar-refractivity contribution in [3.05, 3.63) is 42.2 Å². The second-order valence-corrected chi connectivity index (χ2v) is 6.00. The highest BCUT2D eigenvalue weighted by atomic mass is 16.2. The van der Waals surface area contributed by atoms with Gasteiger partial charge in [0.25, 0.3) is 0 Å². The van der Waals surface area contributed by atoms with Crippen molar-refractivity contribution in [3.8, 4) is 0 Å². The fraction of sp³-hybridized carbons (Fsp3) is 0.389. The normalized spacial score (nSPS) is 14.5. The maximum absolute atomic E-state index is 12.3. The minimum absolute atomic E-state index is 0.0655. The molecule has 5 nitrogen and oxygen atoms in total. The summed E-state index contributed by atoms with van der Waals surface area (Å²) in [6.07, 6.45) is 5.52. The fourth-order valence-corrected chi connectivity index (χ4v) is 3.03. The SMILES string of the molecule is CN(Cc1cccc2cnccc12)C(=O)CCN1CCCC1=O. The van der Waals surface area contributed by atoms with E-state index in [1.165, 1.54) is 0 Å². The van der Waals surface area contributed by atoms with Crippen molar-refractivity contribution in [2.75, 3.05) is 20.1 Å². The smallest absolute Gasteiger partial charge is 0.224 e. The van der Waals surface area contributed by atoms with Gasteiger partial charge in [0.2, 0.25) is 11.8 Å². The average Bonchev–Trinajstić information content (AvgIpc) is 2.98. The van der Waals surface area contributed by atoms with Crippen LogP contribution in [0.2, 0.25) is 0 Å². The third kappa shape index (κ3) is 3.50. The van der Waals surface area contributed by atoms with Crippen LogP contribution in [-0.2, 0) is 16.1 Å². The number of aromatic nitrogens is 1. The molecule has 0 aliphatic carbocycles. The van der Waals surface area contributed by atoms with Crippen molar-refractivity contribution in [2.45, 2.75) is 25.8 Å². The predicted molar refractivity (Wildman–Crippen MR) is 88.6 cm³/mol. The van der Waals surface area contributed by atoms with Gasteiger partial charge in [-0.15, -0.1) is 0 Å². The van der Waals surface area contributed by atoms with Gasteiger partial charge < -0.3 is 9.80 Å². The number of fused-ring (bicyclic) bond motifs is 1. The van der Waals surface area contributed by atoms with Crippen molar-refractivity contribution < 1.29 is 9.59 Å². The summed E-state index contributed by atoms with van der Waals surface area (Å²) >= 11 is 0. The number of likely N-dealkylation sites (tertiary alicyclic amines) is 1. The molecule has 0 saturated carbocycles. The largest absolute Gasteiger partial charge is 0.342 e. The van der Waals surface area contributed by atoms with Crippen molar-refractivity contribution in [2.24, 2.45) is 0 Å². The summed E-state index contributed by atoms with van der Waals surface area (Å²) in [5.74, 6) is 0.234. The number of rotatable bonds is 5. The zero-order chi connectivity index (χ0) is 16.2. The molecule has 0 spiro atoms. The highest BCUT2D eigenvalue weighted by Crippen LogP contribution is 2.19. The number of amides is 2. The van der Waals surface area contributed by atoms with E-state index in [1.54, 1.807) is 16.0 Å². The van der Waals surface area contributed by atoms with Crippen molar-refractivity contribution in [1.82, 2.24) is 14.8 Å². The Morgan fingerprint density at radius 1 is 1.35 bits per heavy atom. The van der Waals surface area contributed by atoms with Gasteiger partial charge in [-0.05, 0) is 23.4 Å². The molecule has 1 aliphatic rings. The molecule has 0 bridgehead atoms. The van der Waals surface area contributed by atoms with Gasteiger partial charge in [-0.1, -0.05) is 18.2 Å². The Hall–Kier alpha value is -2.43. The number of benzene rings is 1. The Morgan fingerprint density at radius 3 is 3.00 bits per heavy atom. The predicted octanol–water partition coefficient (Wildman–Crippen LogP) is 2.21. The zero-order valence-electron chi connectivity index (χ0n) is 13.4. The van der Waals surface area contributed by atoms with E-state index in [9.17, 15) is 9.59 Å². The van der Waals surface area contributed by atoms with Crippen LogP contribution in [0.1, 0.15) is 24.8 Å². The van der Waals surface area contributed by atoms with E-state index in [1.807, 2.05) is 37.5 Å².